The summed E-state index contributed by atoms with van der Waals surface area (Å²) in [5.74, 6) is 1.60. The second kappa shape index (κ2) is 10.6. The van der Waals surface area contributed by atoms with Crippen LogP contribution in [0.1, 0.15) is 63.9 Å². The van der Waals surface area contributed by atoms with Gasteiger partial charge < -0.3 is 10.2 Å². The number of hydrogen-bond donors (Lipinski definition) is 1. The molecule has 0 saturated carbocycles. The molecule has 3 saturated heterocycles. The Labute approximate surface area is 187 Å². The van der Waals surface area contributed by atoms with Crippen LogP contribution in [0.15, 0.2) is 30.3 Å². The Bertz CT molecular complexity index is 735. The number of nitrogens with one attached hydrogen (secondary N) is 1. The number of nitrogens with zero attached hydrogens (tertiary/aromatic N) is 2. The van der Waals surface area contributed by atoms with Crippen molar-refractivity contribution in [3.63, 3.8) is 0 Å². The minimum absolute atomic E-state index is 0.152. The molecule has 5 nitrogen and oxygen atoms in total. The quantitative estimate of drug-likeness (QED) is 0.647. The van der Waals surface area contributed by atoms with Gasteiger partial charge in [0.1, 0.15) is 0 Å². The maximum atomic E-state index is 12.5. The summed E-state index contributed by atoms with van der Waals surface area (Å²) in [6.45, 7) is 5.85. The first kappa shape index (κ1) is 22.3. The Kier molecular flexibility index (Phi) is 7.65. The van der Waals surface area contributed by atoms with Crippen molar-refractivity contribution in [1.29, 1.82) is 0 Å². The van der Waals surface area contributed by atoms with Crippen molar-refractivity contribution in [2.75, 3.05) is 26.2 Å². The summed E-state index contributed by atoms with van der Waals surface area (Å²) in [6, 6.07) is 11.4. The van der Waals surface area contributed by atoms with E-state index in [0.717, 1.165) is 38.8 Å². The lowest BCUT2D eigenvalue weighted by molar-refractivity contribution is -0.144. The molecule has 0 spiro atoms. The van der Waals surface area contributed by atoms with E-state index in [1.54, 1.807) is 6.92 Å². The van der Waals surface area contributed by atoms with Gasteiger partial charge in [0.25, 0.3) is 0 Å². The summed E-state index contributed by atoms with van der Waals surface area (Å²) in [4.78, 5) is 29.7. The van der Waals surface area contributed by atoms with Gasteiger partial charge in [-0.15, -0.1) is 0 Å². The molecule has 1 aromatic carbocycles. The van der Waals surface area contributed by atoms with Crippen LogP contribution >= 0.6 is 0 Å². The smallest absolute Gasteiger partial charge is 0.219 e. The Morgan fingerprint density at radius 3 is 2.61 bits per heavy atom. The lowest BCUT2D eigenvalue weighted by Crippen LogP contribution is -2.65. The number of amides is 2. The van der Waals surface area contributed by atoms with Crippen LogP contribution in [0.4, 0.5) is 0 Å². The zero-order chi connectivity index (χ0) is 21.6. The van der Waals surface area contributed by atoms with E-state index in [1.807, 2.05) is 6.07 Å². The van der Waals surface area contributed by atoms with Gasteiger partial charge in [-0.05, 0) is 81.9 Å². The normalized spacial score (nSPS) is 28.1. The lowest BCUT2D eigenvalue weighted by Gasteiger charge is -2.57. The molecular formula is C26H39N3O2. The highest BCUT2D eigenvalue weighted by Crippen LogP contribution is 2.43. The molecule has 0 unspecified atom stereocenters. The Hall–Kier alpha value is -1.88. The minimum atomic E-state index is 0.152. The number of piperidine rings is 3. The predicted molar refractivity (Wildman–Crippen MR) is 124 cm³/mol. The molecule has 3 heterocycles. The number of aryl methyl sites for hydroxylation is 1. The summed E-state index contributed by atoms with van der Waals surface area (Å²) < 4.78 is 0. The average molecular weight is 426 g/mol. The summed E-state index contributed by atoms with van der Waals surface area (Å²) >= 11 is 0. The fraction of sp³-hybridized carbons (Fsp3) is 0.692. The van der Waals surface area contributed by atoms with Crippen molar-refractivity contribution in [3.05, 3.63) is 35.9 Å². The third-order valence-electron chi connectivity index (χ3n) is 7.79. The Morgan fingerprint density at radius 1 is 1.06 bits per heavy atom. The number of rotatable bonds is 8. The maximum Gasteiger partial charge on any atom is 0.219 e. The molecule has 2 amide bonds. The largest absolute Gasteiger partial charge is 0.356 e. The van der Waals surface area contributed by atoms with Crippen LogP contribution in [0.3, 0.4) is 0 Å². The van der Waals surface area contributed by atoms with E-state index in [-0.39, 0.29) is 11.8 Å². The van der Waals surface area contributed by atoms with Gasteiger partial charge in [0.05, 0.1) is 0 Å². The van der Waals surface area contributed by atoms with E-state index < -0.39 is 0 Å². The van der Waals surface area contributed by atoms with Crippen LogP contribution in [0.5, 0.6) is 0 Å². The second-order valence-corrected chi connectivity index (χ2v) is 9.81. The summed E-state index contributed by atoms with van der Waals surface area (Å²) in [6.07, 6.45) is 9.38. The molecule has 4 rings (SSSR count). The molecule has 3 fully saturated rings. The molecule has 3 aliphatic heterocycles. The SMILES string of the molecule is CC(=O)N1C[C@@H]2CCCN3CCC[C@@H]([C@H]23)[C@H]1CCCC(=O)NCCCc1ccccc1. The number of hydrogen-bond acceptors (Lipinski definition) is 3. The molecule has 0 aliphatic carbocycles. The summed E-state index contributed by atoms with van der Waals surface area (Å²) in [5.41, 5.74) is 1.32. The van der Waals surface area contributed by atoms with Gasteiger partial charge in [-0.1, -0.05) is 30.3 Å². The topological polar surface area (TPSA) is 52.7 Å². The number of carbonyl (C=O) groups excluding carboxylic acids is 2. The van der Waals surface area contributed by atoms with E-state index >= 15 is 0 Å². The fourth-order valence-electron chi connectivity index (χ4n) is 6.45. The highest BCUT2D eigenvalue weighted by atomic mass is 16.2. The van der Waals surface area contributed by atoms with Crippen LogP contribution in [0.2, 0.25) is 0 Å². The van der Waals surface area contributed by atoms with Crippen molar-refractivity contribution >= 4 is 11.8 Å². The molecule has 5 heteroatoms. The second-order valence-electron chi connectivity index (χ2n) is 9.81. The summed E-state index contributed by atoms with van der Waals surface area (Å²) in [7, 11) is 0. The molecule has 0 aromatic heterocycles. The molecule has 0 bridgehead atoms. The Morgan fingerprint density at radius 2 is 1.84 bits per heavy atom. The van der Waals surface area contributed by atoms with Gasteiger partial charge in [0.2, 0.25) is 11.8 Å². The lowest BCUT2D eigenvalue weighted by atomic mass is 9.69. The molecule has 1 N–H and O–H groups in total. The third kappa shape index (κ3) is 5.49. The first-order valence-electron chi connectivity index (χ1n) is 12.5. The van der Waals surface area contributed by atoms with Crippen LogP contribution in [-0.4, -0.2) is 59.9 Å². The molecule has 4 atom stereocenters. The van der Waals surface area contributed by atoms with Gasteiger partial charge >= 0.3 is 0 Å². The molecular weight excluding hydrogens is 386 g/mol. The standard InChI is InChI=1S/C26H39N3O2/c1-20(30)29-19-22-12-7-17-28-18-8-13-23(26(22)28)24(29)14-5-15-25(31)27-16-6-11-21-9-3-2-4-10-21/h2-4,9-10,22-24,26H,5-8,11-19H2,1H3,(H,27,31)/t22-,23+,24+,26-/m0/s1. The molecule has 3 aliphatic rings. The van der Waals surface area contributed by atoms with Gasteiger partial charge in [0, 0.05) is 38.5 Å². The molecule has 1 aromatic rings. The molecule has 31 heavy (non-hydrogen) atoms. The first-order valence-corrected chi connectivity index (χ1v) is 12.5. The van der Waals surface area contributed by atoms with Gasteiger partial charge in [0.15, 0.2) is 0 Å². The number of likely N-dealkylation sites (tertiary alicyclic amines) is 1. The zero-order valence-corrected chi connectivity index (χ0v) is 19.1. The van der Waals surface area contributed by atoms with Crippen LogP contribution in [-0.2, 0) is 16.0 Å². The van der Waals surface area contributed by atoms with Crippen LogP contribution < -0.4 is 5.32 Å². The molecule has 0 radical (unpaired) electrons. The molecule has 170 valence electrons. The van der Waals surface area contributed by atoms with E-state index in [0.29, 0.717) is 30.3 Å². The van der Waals surface area contributed by atoms with Crippen LogP contribution in [0.25, 0.3) is 0 Å². The average Bonchev–Trinajstić information content (AvgIpc) is 2.79. The van der Waals surface area contributed by atoms with Crippen molar-refractivity contribution < 1.29 is 9.59 Å². The monoisotopic (exact) mass is 425 g/mol. The van der Waals surface area contributed by atoms with Gasteiger partial charge in [-0.3, -0.25) is 14.5 Å². The van der Waals surface area contributed by atoms with E-state index in [2.05, 4.69) is 39.4 Å². The van der Waals surface area contributed by atoms with Crippen LogP contribution in [0, 0.1) is 11.8 Å². The third-order valence-corrected chi connectivity index (χ3v) is 7.79. The number of carbonyl (C=O) groups is 2. The number of benzene rings is 1. The Balaban J connectivity index is 1.24. The van der Waals surface area contributed by atoms with E-state index in [4.69, 9.17) is 0 Å². The zero-order valence-electron chi connectivity index (χ0n) is 19.1. The fourth-order valence-corrected chi connectivity index (χ4v) is 6.45. The maximum absolute atomic E-state index is 12.5. The van der Waals surface area contributed by atoms with E-state index in [1.165, 1.54) is 44.3 Å². The highest BCUT2D eigenvalue weighted by molar-refractivity contribution is 5.76. The van der Waals surface area contributed by atoms with Gasteiger partial charge in [-0.25, -0.2) is 0 Å². The van der Waals surface area contributed by atoms with Gasteiger partial charge in [-0.2, -0.15) is 0 Å². The first-order chi connectivity index (χ1) is 15.1. The van der Waals surface area contributed by atoms with Crippen molar-refractivity contribution in [3.8, 4) is 0 Å². The van der Waals surface area contributed by atoms with Crippen molar-refractivity contribution in [2.24, 2.45) is 11.8 Å². The van der Waals surface area contributed by atoms with E-state index in [9.17, 15) is 9.59 Å². The predicted octanol–water partition coefficient (Wildman–Crippen LogP) is 3.63. The highest BCUT2D eigenvalue weighted by Gasteiger charge is 2.48. The van der Waals surface area contributed by atoms with Crippen molar-refractivity contribution in [2.45, 2.75) is 76.8 Å². The summed E-state index contributed by atoms with van der Waals surface area (Å²) in [5, 5.41) is 3.09. The van der Waals surface area contributed by atoms with Crippen molar-refractivity contribution in [1.82, 2.24) is 15.1 Å². The minimum Gasteiger partial charge on any atom is -0.356 e.